The van der Waals surface area contributed by atoms with Crippen LogP contribution in [0.3, 0.4) is 0 Å². The van der Waals surface area contributed by atoms with E-state index in [1.165, 1.54) is 18.1 Å². The maximum Gasteiger partial charge on any atom is 0.319 e. The molecule has 5 nitrogen and oxygen atoms in total. The minimum absolute atomic E-state index is 0.0312. The standard InChI is InChI=1S/C19H19NO.C3H7NO2/c1-12-9-10-17(16-8-6-5-7-15(12)16)18-13(2)11-14(3)20(4)19(18)21;1-6-3(5)2-4/h5-11H,1-4H3;2,4H2,1H3. The van der Waals surface area contributed by atoms with E-state index < -0.39 is 0 Å². The molecule has 0 saturated heterocycles. The van der Waals surface area contributed by atoms with Gasteiger partial charge in [0.2, 0.25) is 0 Å². The zero-order chi connectivity index (χ0) is 20.1. The topological polar surface area (TPSA) is 74.3 Å². The number of carbonyl (C=O) groups excluding carboxylic acids is 1. The fourth-order valence-corrected chi connectivity index (χ4v) is 3.06. The highest BCUT2D eigenvalue weighted by Crippen LogP contribution is 2.30. The van der Waals surface area contributed by atoms with Crippen LogP contribution in [-0.4, -0.2) is 24.2 Å². The molecule has 5 heteroatoms. The molecular weight excluding hydrogens is 340 g/mol. The summed E-state index contributed by atoms with van der Waals surface area (Å²) in [6.45, 7) is 6.05. The Hall–Kier alpha value is -2.92. The van der Waals surface area contributed by atoms with Crippen LogP contribution in [0.4, 0.5) is 0 Å². The molecule has 0 fully saturated rings. The van der Waals surface area contributed by atoms with Crippen LogP contribution in [0.2, 0.25) is 0 Å². The number of carbonyl (C=O) groups is 1. The highest BCUT2D eigenvalue weighted by atomic mass is 16.5. The Morgan fingerprint density at radius 1 is 1.04 bits per heavy atom. The molecule has 3 aromatic rings. The second-order valence-electron chi connectivity index (χ2n) is 6.46. The highest BCUT2D eigenvalue weighted by Gasteiger charge is 2.13. The Morgan fingerprint density at radius 3 is 2.22 bits per heavy atom. The number of fused-ring (bicyclic) bond motifs is 1. The number of methoxy groups -OCH3 is 1. The molecule has 0 saturated carbocycles. The molecule has 0 spiro atoms. The summed E-state index contributed by atoms with van der Waals surface area (Å²) in [7, 11) is 3.13. The van der Waals surface area contributed by atoms with E-state index in [9.17, 15) is 9.59 Å². The third-order valence-corrected chi connectivity index (χ3v) is 4.67. The minimum Gasteiger partial charge on any atom is -0.468 e. The number of aromatic nitrogens is 1. The van der Waals surface area contributed by atoms with Crippen LogP contribution in [0.25, 0.3) is 21.9 Å². The second kappa shape index (κ2) is 8.64. The number of benzene rings is 2. The Balaban J connectivity index is 0.000000380. The van der Waals surface area contributed by atoms with Crippen molar-refractivity contribution in [3.63, 3.8) is 0 Å². The van der Waals surface area contributed by atoms with E-state index in [1.54, 1.807) is 4.57 Å². The number of hydrogen-bond acceptors (Lipinski definition) is 4. The number of ether oxygens (including phenoxy) is 1. The van der Waals surface area contributed by atoms with Gasteiger partial charge in [0, 0.05) is 12.7 Å². The molecule has 0 aliphatic carbocycles. The molecule has 142 valence electrons. The number of aryl methyl sites for hydroxylation is 3. The van der Waals surface area contributed by atoms with Crippen LogP contribution in [-0.2, 0) is 16.6 Å². The lowest BCUT2D eigenvalue weighted by molar-refractivity contribution is -0.138. The van der Waals surface area contributed by atoms with Gasteiger partial charge in [0.15, 0.2) is 0 Å². The predicted molar refractivity (Wildman–Crippen MR) is 110 cm³/mol. The van der Waals surface area contributed by atoms with Crippen LogP contribution >= 0.6 is 0 Å². The molecule has 0 atom stereocenters. The van der Waals surface area contributed by atoms with Crippen molar-refractivity contribution in [2.45, 2.75) is 20.8 Å². The van der Waals surface area contributed by atoms with Crippen LogP contribution in [0.15, 0.2) is 47.3 Å². The lowest BCUT2D eigenvalue weighted by Gasteiger charge is -2.14. The molecular formula is C22H26N2O3. The van der Waals surface area contributed by atoms with Gasteiger partial charge in [0.05, 0.1) is 19.2 Å². The summed E-state index contributed by atoms with van der Waals surface area (Å²) in [6, 6.07) is 14.5. The van der Waals surface area contributed by atoms with E-state index in [0.717, 1.165) is 27.8 Å². The Kier molecular flexibility index (Phi) is 6.53. The van der Waals surface area contributed by atoms with Gasteiger partial charge in [-0.15, -0.1) is 0 Å². The number of nitrogens with zero attached hydrogens (tertiary/aromatic N) is 1. The Labute approximate surface area is 159 Å². The molecule has 27 heavy (non-hydrogen) atoms. The van der Waals surface area contributed by atoms with E-state index in [4.69, 9.17) is 5.73 Å². The van der Waals surface area contributed by atoms with Gasteiger partial charge in [0.1, 0.15) is 0 Å². The molecule has 1 aromatic heterocycles. The number of pyridine rings is 1. The third-order valence-electron chi connectivity index (χ3n) is 4.67. The monoisotopic (exact) mass is 366 g/mol. The summed E-state index contributed by atoms with van der Waals surface area (Å²) >= 11 is 0. The fourth-order valence-electron chi connectivity index (χ4n) is 3.06. The molecule has 0 aliphatic heterocycles. The third kappa shape index (κ3) is 4.26. The Bertz CT molecular complexity index is 1030. The molecule has 2 N–H and O–H groups in total. The van der Waals surface area contributed by atoms with Crippen LogP contribution in [0.5, 0.6) is 0 Å². The SMILES string of the molecule is COC(=O)CN.Cc1cc(C)n(C)c(=O)c1-c1ccc(C)c2ccccc12. The molecule has 0 radical (unpaired) electrons. The number of hydrogen-bond donors (Lipinski definition) is 1. The van der Waals surface area contributed by atoms with Crippen molar-refractivity contribution < 1.29 is 9.53 Å². The molecule has 3 rings (SSSR count). The Morgan fingerprint density at radius 2 is 1.67 bits per heavy atom. The molecule has 2 aromatic carbocycles. The maximum atomic E-state index is 12.7. The zero-order valence-corrected chi connectivity index (χ0v) is 16.5. The summed E-state index contributed by atoms with van der Waals surface area (Å²) in [5.41, 5.74) is 9.95. The maximum absolute atomic E-state index is 12.7. The highest BCUT2D eigenvalue weighted by molar-refractivity contribution is 5.98. The van der Waals surface area contributed by atoms with Crippen LogP contribution in [0, 0.1) is 20.8 Å². The summed E-state index contributed by atoms with van der Waals surface area (Å²) < 4.78 is 5.85. The molecule has 0 unspecified atom stereocenters. The van der Waals surface area contributed by atoms with Gasteiger partial charge >= 0.3 is 5.97 Å². The summed E-state index contributed by atoms with van der Waals surface area (Å²) in [6.07, 6.45) is 0. The summed E-state index contributed by atoms with van der Waals surface area (Å²) in [5.74, 6) is -0.380. The second-order valence-corrected chi connectivity index (χ2v) is 6.46. The van der Waals surface area contributed by atoms with E-state index in [0.29, 0.717) is 0 Å². The van der Waals surface area contributed by atoms with Crippen molar-refractivity contribution in [3.05, 3.63) is 69.6 Å². The van der Waals surface area contributed by atoms with E-state index in [-0.39, 0.29) is 18.1 Å². The quantitative estimate of drug-likeness (QED) is 0.707. The zero-order valence-electron chi connectivity index (χ0n) is 16.5. The summed E-state index contributed by atoms with van der Waals surface area (Å²) in [4.78, 5) is 22.5. The number of esters is 1. The van der Waals surface area contributed by atoms with Crippen LogP contribution < -0.4 is 11.3 Å². The normalized spacial score (nSPS) is 10.3. The molecule has 1 heterocycles. The van der Waals surface area contributed by atoms with Crippen molar-refractivity contribution in [1.82, 2.24) is 4.57 Å². The molecule has 0 aliphatic rings. The number of nitrogens with two attached hydrogens (primary N) is 1. The average molecular weight is 366 g/mol. The largest absolute Gasteiger partial charge is 0.468 e. The van der Waals surface area contributed by atoms with Crippen molar-refractivity contribution in [3.8, 4) is 11.1 Å². The minimum atomic E-state index is -0.380. The lowest BCUT2D eigenvalue weighted by Crippen LogP contribution is -2.21. The van der Waals surface area contributed by atoms with Gasteiger partial charge in [-0.3, -0.25) is 9.59 Å². The van der Waals surface area contributed by atoms with Gasteiger partial charge in [0.25, 0.3) is 5.56 Å². The lowest BCUT2D eigenvalue weighted by atomic mass is 9.94. The van der Waals surface area contributed by atoms with E-state index in [1.807, 2.05) is 33.0 Å². The number of rotatable bonds is 2. The predicted octanol–water partition coefficient (Wildman–Crippen LogP) is 3.25. The smallest absolute Gasteiger partial charge is 0.319 e. The average Bonchev–Trinajstić information content (AvgIpc) is 2.68. The first-order valence-corrected chi connectivity index (χ1v) is 8.74. The first kappa shape index (κ1) is 20.4. The van der Waals surface area contributed by atoms with Gasteiger partial charge < -0.3 is 15.0 Å². The van der Waals surface area contributed by atoms with Gasteiger partial charge in [-0.2, -0.15) is 0 Å². The van der Waals surface area contributed by atoms with Crippen molar-refractivity contribution in [2.24, 2.45) is 12.8 Å². The van der Waals surface area contributed by atoms with Gasteiger partial charge in [-0.25, -0.2) is 0 Å². The molecule has 0 amide bonds. The van der Waals surface area contributed by atoms with Gasteiger partial charge in [-0.1, -0.05) is 36.4 Å². The fraction of sp³-hybridized carbons (Fsp3) is 0.273. The van der Waals surface area contributed by atoms with E-state index >= 15 is 0 Å². The van der Waals surface area contributed by atoms with E-state index in [2.05, 4.69) is 42.0 Å². The first-order valence-electron chi connectivity index (χ1n) is 8.74. The summed E-state index contributed by atoms with van der Waals surface area (Å²) in [5, 5.41) is 2.35. The van der Waals surface area contributed by atoms with Crippen molar-refractivity contribution in [2.75, 3.05) is 13.7 Å². The first-order chi connectivity index (χ1) is 12.8. The van der Waals surface area contributed by atoms with Crippen LogP contribution in [0.1, 0.15) is 16.8 Å². The molecule has 0 bridgehead atoms. The van der Waals surface area contributed by atoms with Gasteiger partial charge in [-0.05, 0) is 54.3 Å². The van der Waals surface area contributed by atoms with Crippen molar-refractivity contribution >= 4 is 16.7 Å². The van der Waals surface area contributed by atoms with Crippen molar-refractivity contribution in [1.29, 1.82) is 0 Å².